The highest BCUT2D eigenvalue weighted by Gasteiger charge is 2.34. The number of benzene rings is 1. The Bertz CT molecular complexity index is 925. The molecule has 0 spiro atoms. The van der Waals surface area contributed by atoms with Gasteiger partial charge in [-0.05, 0) is 38.3 Å². The summed E-state index contributed by atoms with van der Waals surface area (Å²) in [5.41, 5.74) is -0.556. The summed E-state index contributed by atoms with van der Waals surface area (Å²) >= 11 is 0. The van der Waals surface area contributed by atoms with E-state index >= 15 is 0 Å². The quantitative estimate of drug-likeness (QED) is 0.901. The summed E-state index contributed by atoms with van der Waals surface area (Å²) in [6.45, 7) is 1.82. The highest BCUT2D eigenvalue weighted by Crippen LogP contribution is 2.19. The molecule has 1 aliphatic rings. The third-order valence-corrected chi connectivity index (χ3v) is 4.44. The molecule has 1 fully saturated rings. The molecule has 1 atom stereocenters. The molecular weight excluding hydrogens is 341 g/mol. The van der Waals surface area contributed by atoms with Crippen molar-refractivity contribution in [1.82, 2.24) is 14.7 Å². The molecule has 1 aliphatic heterocycles. The molecule has 0 saturated carbocycles. The van der Waals surface area contributed by atoms with Gasteiger partial charge in [-0.15, -0.1) is 0 Å². The molecule has 1 amide bonds. The van der Waals surface area contributed by atoms with Crippen LogP contribution in [0.1, 0.15) is 35.4 Å². The smallest absolute Gasteiger partial charge is 0.326 e. The minimum atomic E-state index is -1.11. The third kappa shape index (κ3) is 3.22. The average Bonchev–Trinajstić information content (AvgIpc) is 2.62. The molecule has 2 aromatic rings. The van der Waals surface area contributed by atoms with Crippen molar-refractivity contribution < 1.29 is 19.1 Å². The lowest BCUT2D eigenvalue weighted by molar-refractivity contribution is -0.143. The van der Waals surface area contributed by atoms with Crippen molar-refractivity contribution in [2.45, 2.75) is 32.2 Å². The van der Waals surface area contributed by atoms with Gasteiger partial charge < -0.3 is 10.0 Å². The first-order valence-electron chi connectivity index (χ1n) is 8.30. The Morgan fingerprint density at radius 1 is 1.27 bits per heavy atom. The van der Waals surface area contributed by atoms with Crippen molar-refractivity contribution >= 4 is 11.9 Å². The predicted molar refractivity (Wildman–Crippen MR) is 90.8 cm³/mol. The fourth-order valence-electron chi connectivity index (χ4n) is 3.13. The second-order valence-electron chi connectivity index (χ2n) is 6.21. The van der Waals surface area contributed by atoms with Crippen molar-refractivity contribution in [1.29, 1.82) is 0 Å². The minimum Gasteiger partial charge on any atom is -0.480 e. The molecule has 0 bridgehead atoms. The number of rotatable bonds is 3. The van der Waals surface area contributed by atoms with E-state index in [9.17, 15) is 23.9 Å². The van der Waals surface area contributed by atoms with Crippen LogP contribution in [-0.2, 0) is 4.79 Å². The zero-order valence-corrected chi connectivity index (χ0v) is 14.2. The van der Waals surface area contributed by atoms with Crippen LogP contribution in [0.4, 0.5) is 4.39 Å². The molecule has 8 heteroatoms. The molecule has 1 saturated heterocycles. The predicted octanol–water partition coefficient (Wildman–Crippen LogP) is 1.76. The number of amides is 1. The van der Waals surface area contributed by atoms with Gasteiger partial charge in [-0.1, -0.05) is 12.1 Å². The second-order valence-corrected chi connectivity index (χ2v) is 6.21. The lowest BCUT2D eigenvalue weighted by atomic mass is 10.0. The number of aromatic nitrogens is 2. The summed E-state index contributed by atoms with van der Waals surface area (Å²) in [6.07, 6.45) is 1.68. The maximum Gasteiger partial charge on any atom is 0.326 e. The summed E-state index contributed by atoms with van der Waals surface area (Å²) < 4.78 is 15.3. The minimum absolute atomic E-state index is 0.104. The Hall–Kier alpha value is -3.03. The number of hydrogen-bond acceptors (Lipinski definition) is 4. The van der Waals surface area contributed by atoms with Gasteiger partial charge in [-0.25, -0.2) is 13.9 Å². The van der Waals surface area contributed by atoms with Crippen molar-refractivity contribution in [3.63, 3.8) is 0 Å². The number of hydrogen-bond donors (Lipinski definition) is 1. The van der Waals surface area contributed by atoms with Gasteiger partial charge in [0.2, 0.25) is 5.43 Å². The van der Waals surface area contributed by atoms with E-state index < -0.39 is 34.9 Å². The van der Waals surface area contributed by atoms with Crippen LogP contribution in [0.5, 0.6) is 0 Å². The number of carbonyl (C=O) groups excluding carboxylic acids is 1. The van der Waals surface area contributed by atoms with E-state index in [0.29, 0.717) is 25.0 Å². The standard InChI is InChI=1S/C18H18FN3O4/c1-11-10-15(23)16(20-22(11)13-7-3-2-6-12(13)19)17(24)21-9-5-4-8-14(21)18(25)26/h2-3,6-7,10,14H,4-5,8-9H2,1H3,(H,25,26)/t14-/m1/s1. The van der Waals surface area contributed by atoms with Gasteiger partial charge in [0.15, 0.2) is 5.69 Å². The Morgan fingerprint density at radius 3 is 2.69 bits per heavy atom. The van der Waals surface area contributed by atoms with E-state index in [1.54, 1.807) is 13.0 Å². The van der Waals surface area contributed by atoms with Gasteiger partial charge in [-0.3, -0.25) is 9.59 Å². The van der Waals surface area contributed by atoms with Crippen LogP contribution in [0.3, 0.4) is 0 Å². The Balaban J connectivity index is 2.06. The van der Waals surface area contributed by atoms with Gasteiger partial charge in [0, 0.05) is 18.3 Å². The first-order valence-corrected chi connectivity index (χ1v) is 8.30. The molecule has 2 heterocycles. The number of para-hydroxylation sites is 1. The fraction of sp³-hybridized carbons (Fsp3) is 0.333. The molecule has 136 valence electrons. The van der Waals surface area contributed by atoms with Crippen LogP contribution < -0.4 is 5.43 Å². The normalized spacial score (nSPS) is 17.2. The molecule has 26 heavy (non-hydrogen) atoms. The Labute approximate surface area is 148 Å². The summed E-state index contributed by atoms with van der Waals surface area (Å²) in [7, 11) is 0. The largest absolute Gasteiger partial charge is 0.480 e. The van der Waals surface area contributed by atoms with E-state index in [2.05, 4.69) is 5.10 Å². The maximum absolute atomic E-state index is 14.1. The molecule has 1 aromatic heterocycles. The van der Waals surface area contributed by atoms with Crippen LogP contribution in [0, 0.1) is 12.7 Å². The van der Waals surface area contributed by atoms with Gasteiger partial charge >= 0.3 is 5.97 Å². The Kier molecular flexibility index (Phi) is 4.83. The summed E-state index contributed by atoms with van der Waals surface area (Å²) in [5, 5.41) is 13.4. The van der Waals surface area contributed by atoms with Gasteiger partial charge in [0.05, 0.1) is 0 Å². The molecule has 0 radical (unpaired) electrons. The van der Waals surface area contributed by atoms with Gasteiger partial charge in [-0.2, -0.15) is 5.10 Å². The van der Waals surface area contributed by atoms with Gasteiger partial charge in [0.25, 0.3) is 5.91 Å². The van der Waals surface area contributed by atoms with E-state index in [1.807, 2.05) is 0 Å². The second kappa shape index (κ2) is 7.07. The first-order chi connectivity index (χ1) is 12.4. The first kappa shape index (κ1) is 17.8. The number of nitrogens with zero attached hydrogens (tertiary/aromatic N) is 3. The molecule has 3 rings (SSSR count). The highest BCUT2D eigenvalue weighted by molar-refractivity contribution is 5.95. The Morgan fingerprint density at radius 2 is 2.00 bits per heavy atom. The van der Waals surface area contributed by atoms with Gasteiger partial charge in [0.1, 0.15) is 17.5 Å². The summed E-state index contributed by atoms with van der Waals surface area (Å²) in [5.74, 6) is -2.40. The van der Waals surface area contributed by atoms with E-state index in [-0.39, 0.29) is 12.2 Å². The van der Waals surface area contributed by atoms with Crippen LogP contribution in [0.2, 0.25) is 0 Å². The fourth-order valence-corrected chi connectivity index (χ4v) is 3.13. The van der Waals surface area contributed by atoms with Crippen molar-refractivity contribution in [2.75, 3.05) is 6.54 Å². The van der Waals surface area contributed by atoms with E-state index in [1.165, 1.54) is 28.9 Å². The number of carbonyl (C=O) groups is 2. The van der Waals surface area contributed by atoms with E-state index in [4.69, 9.17) is 0 Å². The third-order valence-electron chi connectivity index (χ3n) is 4.44. The lowest BCUT2D eigenvalue weighted by Crippen LogP contribution is -2.49. The topological polar surface area (TPSA) is 92.5 Å². The number of carboxylic acids is 1. The maximum atomic E-state index is 14.1. The van der Waals surface area contributed by atoms with E-state index in [0.717, 1.165) is 4.90 Å². The monoisotopic (exact) mass is 359 g/mol. The van der Waals surface area contributed by atoms with Crippen molar-refractivity contribution in [3.8, 4) is 5.69 Å². The molecule has 1 aromatic carbocycles. The molecule has 0 unspecified atom stereocenters. The average molecular weight is 359 g/mol. The zero-order valence-electron chi connectivity index (χ0n) is 14.2. The van der Waals surface area contributed by atoms with Crippen LogP contribution in [-0.4, -0.2) is 44.3 Å². The number of aryl methyl sites for hydroxylation is 1. The SMILES string of the molecule is Cc1cc(=O)c(C(=O)N2CCCC[C@@H]2C(=O)O)nn1-c1ccccc1F. The molecular formula is C18H18FN3O4. The number of piperidine rings is 1. The summed E-state index contributed by atoms with van der Waals surface area (Å²) in [4.78, 5) is 37.7. The lowest BCUT2D eigenvalue weighted by Gasteiger charge is -2.32. The number of halogens is 1. The number of likely N-dealkylation sites (tertiary alicyclic amines) is 1. The zero-order chi connectivity index (χ0) is 18.8. The number of aliphatic carboxylic acids is 1. The molecule has 0 aliphatic carbocycles. The van der Waals surface area contributed by atoms with Crippen molar-refractivity contribution in [2.24, 2.45) is 0 Å². The summed E-state index contributed by atoms with van der Waals surface area (Å²) in [6, 6.07) is 6.08. The molecule has 7 nitrogen and oxygen atoms in total. The van der Waals surface area contributed by atoms with Crippen LogP contribution in [0.15, 0.2) is 35.1 Å². The van der Waals surface area contributed by atoms with Crippen LogP contribution >= 0.6 is 0 Å². The van der Waals surface area contributed by atoms with Crippen molar-refractivity contribution in [3.05, 3.63) is 57.8 Å². The van der Waals surface area contributed by atoms with Crippen LogP contribution in [0.25, 0.3) is 5.69 Å². The highest BCUT2D eigenvalue weighted by atomic mass is 19.1. The number of carboxylic acid groups (broad SMARTS) is 1. The molecule has 1 N–H and O–H groups in total.